The monoisotopic (exact) mass is 315 g/mol. The molecule has 1 atom stereocenters. The van der Waals surface area contributed by atoms with Crippen molar-refractivity contribution in [3.8, 4) is 0 Å². The lowest BCUT2D eigenvalue weighted by Gasteiger charge is -2.06. The van der Waals surface area contributed by atoms with Crippen molar-refractivity contribution in [1.29, 1.82) is 0 Å². The second-order valence-corrected chi connectivity index (χ2v) is 9.26. The minimum atomic E-state index is -3.77. The van der Waals surface area contributed by atoms with Crippen LogP contribution in [0.25, 0.3) is 11.0 Å². The van der Waals surface area contributed by atoms with Crippen molar-refractivity contribution in [3.63, 3.8) is 0 Å². The molecule has 0 radical (unpaired) electrons. The van der Waals surface area contributed by atoms with Crippen LogP contribution in [0, 0.1) is 0 Å². The lowest BCUT2D eigenvalue weighted by Crippen LogP contribution is -2.23. The van der Waals surface area contributed by atoms with E-state index in [4.69, 9.17) is 5.73 Å². The number of rotatable bonds is 2. The van der Waals surface area contributed by atoms with Crippen LogP contribution in [-0.2, 0) is 19.7 Å². The second-order valence-electron chi connectivity index (χ2n) is 4.89. The van der Waals surface area contributed by atoms with Crippen LogP contribution >= 0.6 is 0 Å². The molecule has 1 aromatic heterocycles. The average Bonchev–Trinajstić information content (AvgIpc) is 2.92. The number of sulfone groups is 2. The van der Waals surface area contributed by atoms with Gasteiger partial charge in [0.05, 0.1) is 27.8 Å². The first kappa shape index (κ1) is 13.4. The van der Waals surface area contributed by atoms with Crippen LogP contribution in [-0.4, -0.2) is 43.6 Å². The van der Waals surface area contributed by atoms with E-state index in [0.29, 0.717) is 16.7 Å². The third-order valence-electron chi connectivity index (χ3n) is 3.38. The molecule has 1 fully saturated rings. The summed E-state index contributed by atoms with van der Waals surface area (Å²) in [5.74, 6) is -0.432. The predicted molar refractivity (Wildman–Crippen MR) is 74.8 cm³/mol. The molecule has 2 heterocycles. The fraction of sp³-hybridized carbons (Fsp3) is 0.364. The molecule has 2 aromatic rings. The van der Waals surface area contributed by atoms with E-state index in [1.165, 1.54) is 0 Å². The van der Waals surface area contributed by atoms with Gasteiger partial charge in [-0.25, -0.2) is 21.8 Å². The Morgan fingerprint density at radius 3 is 2.75 bits per heavy atom. The zero-order valence-corrected chi connectivity index (χ0v) is 12.0. The van der Waals surface area contributed by atoms with Gasteiger partial charge in [-0.15, -0.1) is 0 Å². The molecule has 3 rings (SSSR count). The number of fused-ring (bicyclic) bond motifs is 1. The molecule has 1 aliphatic heterocycles. The van der Waals surface area contributed by atoms with Crippen LogP contribution in [0.5, 0.6) is 0 Å². The molecular formula is C11H13N3O4S2. The Bertz CT molecular complexity index is 884. The van der Waals surface area contributed by atoms with Gasteiger partial charge in [-0.05, 0) is 24.6 Å². The molecule has 0 aliphatic carbocycles. The van der Waals surface area contributed by atoms with E-state index in [1.54, 1.807) is 18.2 Å². The van der Waals surface area contributed by atoms with Gasteiger partial charge in [-0.2, -0.15) is 0 Å². The maximum Gasteiger partial charge on any atom is 0.226 e. The summed E-state index contributed by atoms with van der Waals surface area (Å²) in [6.07, 6.45) is 0.115. The van der Waals surface area contributed by atoms with E-state index in [9.17, 15) is 16.8 Å². The molecule has 0 saturated carbocycles. The minimum absolute atomic E-state index is 0.0932. The third-order valence-corrected chi connectivity index (χ3v) is 7.37. The number of nitrogens with two attached hydrogens (primary N) is 1. The van der Waals surface area contributed by atoms with Gasteiger partial charge < -0.3 is 10.7 Å². The largest absolute Gasteiger partial charge is 0.399 e. The van der Waals surface area contributed by atoms with Crippen molar-refractivity contribution in [3.05, 3.63) is 18.2 Å². The van der Waals surface area contributed by atoms with Gasteiger partial charge in [0.2, 0.25) is 15.0 Å². The summed E-state index contributed by atoms with van der Waals surface area (Å²) in [6.45, 7) is 0. The van der Waals surface area contributed by atoms with E-state index in [1.807, 2.05) is 0 Å². The fourth-order valence-electron chi connectivity index (χ4n) is 2.30. The summed E-state index contributed by atoms with van der Waals surface area (Å²) in [7, 11) is -7.04. The zero-order valence-electron chi connectivity index (χ0n) is 10.4. The summed E-state index contributed by atoms with van der Waals surface area (Å²) in [5.41, 5.74) is 7.12. The van der Waals surface area contributed by atoms with Crippen molar-refractivity contribution in [2.24, 2.45) is 0 Å². The summed E-state index contributed by atoms with van der Waals surface area (Å²) in [5, 5.41) is -1.12. The molecule has 20 heavy (non-hydrogen) atoms. The number of hydrogen-bond acceptors (Lipinski definition) is 6. The maximum atomic E-state index is 12.4. The molecule has 0 bridgehead atoms. The highest BCUT2D eigenvalue weighted by Crippen LogP contribution is 2.25. The van der Waals surface area contributed by atoms with Crippen LogP contribution < -0.4 is 5.73 Å². The van der Waals surface area contributed by atoms with Crippen molar-refractivity contribution in [2.45, 2.75) is 16.8 Å². The standard InChI is InChI=1S/C11H13N3O4S2/c12-7-1-2-9-10(5-7)14-11(13-9)20(17,18)8-3-4-19(15,16)6-8/h1-2,5,8H,3-4,6,12H2,(H,13,14). The molecule has 1 saturated heterocycles. The fourth-order valence-corrected chi connectivity index (χ4v) is 6.56. The molecule has 3 N–H and O–H groups in total. The van der Waals surface area contributed by atoms with E-state index >= 15 is 0 Å². The number of aromatic amines is 1. The molecule has 1 aromatic carbocycles. The second kappa shape index (κ2) is 4.19. The number of anilines is 1. The first-order chi connectivity index (χ1) is 9.28. The molecule has 0 amide bonds. The number of benzene rings is 1. The molecule has 7 nitrogen and oxygen atoms in total. The van der Waals surface area contributed by atoms with Gasteiger partial charge in [0.25, 0.3) is 0 Å². The number of nitrogens with zero attached hydrogens (tertiary/aromatic N) is 1. The third kappa shape index (κ3) is 2.16. The number of hydrogen-bond donors (Lipinski definition) is 2. The molecule has 0 spiro atoms. The normalized spacial score (nSPS) is 22.3. The quantitative estimate of drug-likeness (QED) is 0.758. The van der Waals surface area contributed by atoms with Gasteiger partial charge in [-0.1, -0.05) is 0 Å². The van der Waals surface area contributed by atoms with Crippen LogP contribution in [0.3, 0.4) is 0 Å². The number of aromatic nitrogens is 2. The first-order valence-electron chi connectivity index (χ1n) is 5.97. The van der Waals surface area contributed by atoms with E-state index in [0.717, 1.165) is 0 Å². The summed E-state index contributed by atoms with van der Waals surface area (Å²) < 4.78 is 47.6. The maximum absolute atomic E-state index is 12.4. The lowest BCUT2D eigenvalue weighted by molar-refractivity contribution is 0.576. The Morgan fingerprint density at radius 1 is 1.35 bits per heavy atom. The predicted octanol–water partition coefficient (Wildman–Crippen LogP) is 0.106. The topological polar surface area (TPSA) is 123 Å². The molecule has 1 aliphatic rings. The van der Waals surface area contributed by atoms with Crippen molar-refractivity contribution in [2.75, 3.05) is 17.2 Å². The summed E-state index contributed by atoms with van der Waals surface area (Å²) in [4.78, 5) is 6.73. The first-order valence-corrected chi connectivity index (χ1v) is 9.34. The van der Waals surface area contributed by atoms with E-state index < -0.39 is 24.9 Å². The Hall–Kier alpha value is -1.61. The summed E-state index contributed by atoms with van der Waals surface area (Å²) in [6, 6.07) is 4.83. The minimum Gasteiger partial charge on any atom is -0.399 e. The van der Waals surface area contributed by atoms with Gasteiger partial charge in [0.1, 0.15) is 0 Å². The Labute approximate surface area is 116 Å². The van der Waals surface area contributed by atoms with Crippen LogP contribution in [0.2, 0.25) is 0 Å². The molecule has 108 valence electrons. The zero-order chi connectivity index (χ0) is 14.5. The SMILES string of the molecule is Nc1ccc2nc(S(=O)(=O)C3CCS(=O)(=O)C3)[nH]c2c1. The summed E-state index contributed by atoms with van der Waals surface area (Å²) >= 11 is 0. The van der Waals surface area contributed by atoms with Gasteiger partial charge in [0, 0.05) is 5.69 Å². The highest BCUT2D eigenvalue weighted by Gasteiger charge is 2.39. The van der Waals surface area contributed by atoms with Crippen molar-refractivity contribution in [1.82, 2.24) is 9.97 Å². The Morgan fingerprint density at radius 2 is 2.10 bits per heavy atom. The van der Waals surface area contributed by atoms with E-state index in [-0.39, 0.29) is 23.1 Å². The number of H-pyrrole nitrogens is 1. The average molecular weight is 315 g/mol. The van der Waals surface area contributed by atoms with Crippen LogP contribution in [0.1, 0.15) is 6.42 Å². The molecule has 1 unspecified atom stereocenters. The Kier molecular flexibility index (Phi) is 2.80. The lowest BCUT2D eigenvalue weighted by atomic mass is 10.3. The van der Waals surface area contributed by atoms with Crippen LogP contribution in [0.15, 0.2) is 23.4 Å². The highest BCUT2D eigenvalue weighted by atomic mass is 32.2. The van der Waals surface area contributed by atoms with E-state index in [2.05, 4.69) is 9.97 Å². The van der Waals surface area contributed by atoms with Crippen molar-refractivity contribution < 1.29 is 16.8 Å². The molecule has 9 heteroatoms. The number of nitrogen functional groups attached to an aromatic ring is 1. The van der Waals surface area contributed by atoms with Gasteiger partial charge in [-0.3, -0.25) is 0 Å². The van der Waals surface area contributed by atoms with Gasteiger partial charge in [0.15, 0.2) is 9.84 Å². The Balaban J connectivity index is 2.05. The van der Waals surface area contributed by atoms with Crippen molar-refractivity contribution >= 4 is 36.4 Å². The highest BCUT2D eigenvalue weighted by molar-refractivity contribution is 7.96. The number of imidazole rings is 1. The van der Waals surface area contributed by atoms with Crippen LogP contribution in [0.4, 0.5) is 5.69 Å². The smallest absolute Gasteiger partial charge is 0.226 e. The molecular weight excluding hydrogens is 302 g/mol. The number of nitrogens with one attached hydrogen (secondary N) is 1. The van der Waals surface area contributed by atoms with Gasteiger partial charge >= 0.3 is 0 Å².